The molecule has 5 nitrogen and oxygen atoms in total. The fourth-order valence-electron chi connectivity index (χ4n) is 3.15. The summed E-state index contributed by atoms with van der Waals surface area (Å²) in [6.45, 7) is 4.69. The Labute approximate surface area is 165 Å². The predicted octanol–water partition coefficient (Wildman–Crippen LogP) is 2.99. The minimum absolute atomic E-state index is 0.231. The smallest absolute Gasteiger partial charge is 0.246 e. The molecule has 0 aliphatic carbocycles. The number of hydrogen-bond donors (Lipinski definition) is 0. The molecule has 2 aromatic carbocycles. The molecule has 1 heterocycles. The number of rotatable bonds is 4. The second-order valence-electron chi connectivity index (χ2n) is 6.85. The highest BCUT2D eigenvalue weighted by atomic mass is 32.2. The lowest BCUT2D eigenvalue weighted by atomic mass is 10.2. The molecule has 148 valence electrons. The maximum Gasteiger partial charge on any atom is 0.246 e. The SMILES string of the molecule is Cc1ccc(C)c(S(=O)(=O)N2CCN(C(=O)/C=C/c3ccccc3F)CC2)c1. The zero-order valence-corrected chi connectivity index (χ0v) is 16.7. The molecule has 0 bridgehead atoms. The summed E-state index contributed by atoms with van der Waals surface area (Å²) in [5.74, 6) is -0.650. The van der Waals surface area contributed by atoms with Gasteiger partial charge in [-0.3, -0.25) is 4.79 Å². The van der Waals surface area contributed by atoms with E-state index in [0.29, 0.717) is 29.1 Å². The highest BCUT2D eigenvalue weighted by Crippen LogP contribution is 2.22. The fraction of sp³-hybridized carbons (Fsp3) is 0.286. The minimum atomic E-state index is -3.60. The molecule has 0 atom stereocenters. The maximum absolute atomic E-state index is 13.6. The molecule has 3 rings (SSSR count). The molecule has 0 aromatic heterocycles. The van der Waals surface area contributed by atoms with E-state index in [0.717, 1.165) is 5.56 Å². The van der Waals surface area contributed by atoms with Gasteiger partial charge in [-0.2, -0.15) is 4.31 Å². The molecule has 1 amide bonds. The Hall–Kier alpha value is -2.51. The van der Waals surface area contributed by atoms with Gasteiger partial charge in [0, 0.05) is 37.8 Å². The van der Waals surface area contributed by atoms with Crippen molar-refractivity contribution in [3.63, 3.8) is 0 Å². The third-order valence-electron chi connectivity index (χ3n) is 4.82. The van der Waals surface area contributed by atoms with Crippen LogP contribution in [0.1, 0.15) is 16.7 Å². The van der Waals surface area contributed by atoms with E-state index in [9.17, 15) is 17.6 Å². The summed E-state index contributed by atoms with van der Waals surface area (Å²) >= 11 is 0. The van der Waals surface area contributed by atoms with Crippen molar-refractivity contribution in [2.75, 3.05) is 26.2 Å². The Kier molecular flexibility index (Phi) is 5.96. The van der Waals surface area contributed by atoms with E-state index in [1.165, 1.54) is 22.5 Å². The van der Waals surface area contributed by atoms with Gasteiger partial charge in [-0.25, -0.2) is 12.8 Å². The second-order valence-corrected chi connectivity index (χ2v) is 8.76. The number of carbonyl (C=O) groups excluding carboxylic acids is 1. The molecule has 0 spiro atoms. The van der Waals surface area contributed by atoms with Crippen LogP contribution in [0.5, 0.6) is 0 Å². The molecule has 1 aliphatic heterocycles. The third kappa shape index (κ3) is 4.31. The van der Waals surface area contributed by atoms with Gasteiger partial charge in [-0.1, -0.05) is 30.3 Å². The molecule has 1 aliphatic rings. The van der Waals surface area contributed by atoms with Gasteiger partial charge in [0.25, 0.3) is 0 Å². The largest absolute Gasteiger partial charge is 0.337 e. The van der Waals surface area contributed by atoms with Gasteiger partial charge < -0.3 is 4.90 Å². The van der Waals surface area contributed by atoms with E-state index >= 15 is 0 Å². The first kappa shape index (κ1) is 20.2. The Bertz CT molecular complexity index is 1010. The minimum Gasteiger partial charge on any atom is -0.337 e. The Morgan fingerprint density at radius 3 is 2.39 bits per heavy atom. The Morgan fingerprint density at radius 2 is 1.71 bits per heavy atom. The summed E-state index contributed by atoms with van der Waals surface area (Å²) < 4.78 is 41.0. The first-order valence-electron chi connectivity index (χ1n) is 9.08. The van der Waals surface area contributed by atoms with Gasteiger partial charge >= 0.3 is 0 Å². The number of nitrogens with zero attached hydrogens (tertiary/aromatic N) is 2. The Balaban J connectivity index is 1.66. The van der Waals surface area contributed by atoms with Gasteiger partial charge in [0.15, 0.2) is 0 Å². The highest BCUT2D eigenvalue weighted by Gasteiger charge is 2.30. The summed E-state index contributed by atoms with van der Waals surface area (Å²) in [7, 11) is -3.60. The van der Waals surface area contributed by atoms with Crippen LogP contribution in [0, 0.1) is 19.7 Å². The normalized spacial score (nSPS) is 15.9. The van der Waals surface area contributed by atoms with Gasteiger partial charge in [0.2, 0.25) is 15.9 Å². The van der Waals surface area contributed by atoms with Crippen LogP contribution in [0.2, 0.25) is 0 Å². The zero-order chi connectivity index (χ0) is 20.3. The molecule has 0 N–H and O–H groups in total. The second kappa shape index (κ2) is 8.24. The van der Waals surface area contributed by atoms with Crippen LogP contribution in [-0.2, 0) is 14.8 Å². The van der Waals surface area contributed by atoms with Gasteiger partial charge in [0.1, 0.15) is 5.82 Å². The number of sulfonamides is 1. The standard InChI is InChI=1S/C21H23FN2O3S/c1-16-7-8-17(2)20(15-16)28(26,27)24-13-11-23(12-14-24)21(25)10-9-18-5-3-4-6-19(18)22/h3-10,15H,11-14H2,1-2H3/b10-9+. The number of benzene rings is 2. The summed E-state index contributed by atoms with van der Waals surface area (Å²) in [4.78, 5) is 14.2. The number of hydrogen-bond acceptors (Lipinski definition) is 3. The van der Waals surface area contributed by atoms with Crippen LogP contribution in [-0.4, -0.2) is 49.7 Å². The molecule has 0 radical (unpaired) electrons. The van der Waals surface area contributed by atoms with E-state index in [1.807, 2.05) is 13.0 Å². The van der Waals surface area contributed by atoms with Gasteiger partial charge in [-0.15, -0.1) is 0 Å². The van der Waals surface area contributed by atoms with Crippen molar-refractivity contribution in [2.24, 2.45) is 0 Å². The van der Waals surface area contributed by atoms with E-state index in [-0.39, 0.29) is 19.0 Å². The predicted molar refractivity (Wildman–Crippen MR) is 107 cm³/mol. The van der Waals surface area contributed by atoms with Crippen LogP contribution >= 0.6 is 0 Å². The van der Waals surface area contributed by atoms with Crippen molar-refractivity contribution in [2.45, 2.75) is 18.7 Å². The highest BCUT2D eigenvalue weighted by molar-refractivity contribution is 7.89. The van der Waals surface area contributed by atoms with E-state index in [4.69, 9.17) is 0 Å². The van der Waals surface area contributed by atoms with E-state index in [1.54, 1.807) is 42.2 Å². The average molecular weight is 402 g/mol. The summed E-state index contributed by atoms with van der Waals surface area (Å²) in [5.41, 5.74) is 1.93. The van der Waals surface area contributed by atoms with Crippen molar-refractivity contribution in [3.8, 4) is 0 Å². The fourth-order valence-corrected chi connectivity index (χ4v) is 4.88. The maximum atomic E-state index is 13.6. The van der Waals surface area contributed by atoms with Crippen molar-refractivity contribution < 1.29 is 17.6 Å². The van der Waals surface area contributed by atoms with Crippen LogP contribution in [0.4, 0.5) is 4.39 Å². The molecular weight excluding hydrogens is 379 g/mol. The molecule has 2 aromatic rings. The van der Waals surface area contributed by atoms with Crippen LogP contribution in [0.3, 0.4) is 0 Å². The molecule has 7 heteroatoms. The van der Waals surface area contributed by atoms with Gasteiger partial charge in [-0.05, 0) is 43.2 Å². The van der Waals surface area contributed by atoms with E-state index in [2.05, 4.69) is 0 Å². The monoisotopic (exact) mass is 402 g/mol. The van der Waals surface area contributed by atoms with Crippen LogP contribution in [0.25, 0.3) is 6.08 Å². The van der Waals surface area contributed by atoms with Gasteiger partial charge in [0.05, 0.1) is 4.90 Å². The lowest BCUT2D eigenvalue weighted by molar-refractivity contribution is -0.127. The molecule has 1 saturated heterocycles. The molecular formula is C21H23FN2O3S. The lowest BCUT2D eigenvalue weighted by Gasteiger charge is -2.33. The van der Waals surface area contributed by atoms with Crippen LogP contribution in [0.15, 0.2) is 53.4 Å². The number of halogens is 1. The number of aryl methyl sites for hydroxylation is 2. The topological polar surface area (TPSA) is 57.7 Å². The van der Waals surface area contributed by atoms with Crippen molar-refractivity contribution >= 4 is 22.0 Å². The summed E-state index contributed by atoms with van der Waals surface area (Å²) in [6, 6.07) is 11.6. The summed E-state index contributed by atoms with van der Waals surface area (Å²) in [6.07, 6.45) is 2.77. The van der Waals surface area contributed by atoms with Crippen molar-refractivity contribution in [1.29, 1.82) is 0 Å². The lowest BCUT2D eigenvalue weighted by Crippen LogP contribution is -2.50. The number of carbonyl (C=O) groups is 1. The third-order valence-corrected chi connectivity index (χ3v) is 6.86. The van der Waals surface area contributed by atoms with Crippen molar-refractivity contribution in [1.82, 2.24) is 9.21 Å². The average Bonchev–Trinajstić information content (AvgIpc) is 2.69. The molecule has 1 fully saturated rings. The first-order chi connectivity index (χ1) is 13.3. The molecule has 0 saturated carbocycles. The number of amides is 1. The number of piperazine rings is 1. The quantitative estimate of drug-likeness (QED) is 0.739. The first-order valence-corrected chi connectivity index (χ1v) is 10.5. The Morgan fingerprint density at radius 1 is 1.04 bits per heavy atom. The zero-order valence-electron chi connectivity index (χ0n) is 15.9. The molecule has 28 heavy (non-hydrogen) atoms. The van der Waals surface area contributed by atoms with Crippen LogP contribution < -0.4 is 0 Å². The van der Waals surface area contributed by atoms with E-state index < -0.39 is 15.8 Å². The molecule has 0 unspecified atom stereocenters. The summed E-state index contributed by atoms with van der Waals surface area (Å²) in [5, 5.41) is 0. The van der Waals surface area contributed by atoms with Crippen molar-refractivity contribution in [3.05, 3.63) is 71.0 Å².